The Balaban J connectivity index is 2.11. The predicted octanol–water partition coefficient (Wildman–Crippen LogP) is 2.47. The first kappa shape index (κ1) is 11.8. The van der Waals surface area contributed by atoms with Crippen molar-refractivity contribution >= 4 is 27.3 Å². The van der Waals surface area contributed by atoms with E-state index >= 15 is 0 Å². The summed E-state index contributed by atoms with van der Waals surface area (Å²) >= 11 is 3.06. The van der Waals surface area contributed by atoms with Gasteiger partial charge < -0.3 is 15.6 Å². The number of hydrogen-bond donors (Lipinski definition) is 2. The van der Waals surface area contributed by atoms with E-state index in [4.69, 9.17) is 10.3 Å². The fourth-order valence-electron chi connectivity index (χ4n) is 1.30. The van der Waals surface area contributed by atoms with Crippen molar-refractivity contribution in [3.63, 3.8) is 0 Å². The molecule has 2 aromatic rings. The molecule has 5 nitrogen and oxygen atoms in total. The molecule has 0 spiro atoms. The Hall–Kier alpha value is -1.63. The molecule has 0 atom stereocenters. The second-order valence-corrected chi connectivity index (χ2v) is 4.30. The van der Waals surface area contributed by atoms with Crippen LogP contribution < -0.4 is 11.1 Å². The molecule has 0 bridgehead atoms. The number of benzene rings is 1. The Morgan fingerprint density at radius 3 is 2.94 bits per heavy atom. The summed E-state index contributed by atoms with van der Waals surface area (Å²) in [6.45, 7) is 2.02. The number of aromatic nitrogens is 2. The number of hydrogen-bond acceptors (Lipinski definition) is 5. The van der Waals surface area contributed by atoms with E-state index in [1.807, 2.05) is 0 Å². The Labute approximate surface area is 105 Å². The molecule has 0 aliphatic heterocycles. The van der Waals surface area contributed by atoms with Crippen molar-refractivity contribution in [1.82, 2.24) is 10.1 Å². The fourth-order valence-corrected chi connectivity index (χ4v) is 1.66. The van der Waals surface area contributed by atoms with E-state index in [0.29, 0.717) is 34.1 Å². The lowest BCUT2D eigenvalue weighted by molar-refractivity contribution is 0.379. The first-order valence-corrected chi connectivity index (χ1v) is 5.63. The van der Waals surface area contributed by atoms with Crippen LogP contribution >= 0.6 is 15.9 Å². The van der Waals surface area contributed by atoms with Crippen LogP contribution in [0.1, 0.15) is 11.7 Å². The van der Waals surface area contributed by atoms with Crippen LogP contribution in [0.15, 0.2) is 21.1 Å². The number of nitrogens with two attached hydrogens (primary N) is 1. The summed E-state index contributed by atoms with van der Waals surface area (Å²) in [5.74, 6) is 0.588. The lowest BCUT2D eigenvalue weighted by Crippen LogP contribution is -2.03. The highest BCUT2D eigenvalue weighted by atomic mass is 79.9. The molecule has 3 N–H and O–H groups in total. The van der Waals surface area contributed by atoms with E-state index in [1.165, 1.54) is 12.1 Å². The summed E-state index contributed by atoms with van der Waals surface area (Å²) in [4.78, 5) is 4.01. The Morgan fingerprint density at radius 2 is 2.29 bits per heavy atom. The summed E-state index contributed by atoms with van der Waals surface area (Å²) in [5, 5.41) is 6.57. The molecular weight excluding hydrogens is 291 g/mol. The summed E-state index contributed by atoms with van der Waals surface area (Å²) < 4.78 is 18.5. The SMILES string of the molecule is Cc1noc(CNc2cc(F)c(Br)cc2N)n1. The van der Waals surface area contributed by atoms with Crippen LogP contribution in [0.25, 0.3) is 0 Å². The second-order valence-electron chi connectivity index (χ2n) is 3.44. The molecule has 1 heterocycles. The zero-order valence-electron chi connectivity index (χ0n) is 9.00. The van der Waals surface area contributed by atoms with Crippen molar-refractivity contribution < 1.29 is 8.91 Å². The van der Waals surface area contributed by atoms with Crippen LogP contribution in [0.4, 0.5) is 15.8 Å². The van der Waals surface area contributed by atoms with E-state index in [-0.39, 0.29) is 5.82 Å². The third-order valence-electron chi connectivity index (χ3n) is 2.09. The van der Waals surface area contributed by atoms with Gasteiger partial charge in [0.2, 0.25) is 5.89 Å². The molecule has 0 saturated carbocycles. The van der Waals surface area contributed by atoms with Gasteiger partial charge in [-0.15, -0.1) is 0 Å². The topological polar surface area (TPSA) is 77.0 Å². The standard InChI is InChI=1S/C10H10BrFN4O/c1-5-15-10(17-16-5)4-14-9-3-7(12)6(11)2-8(9)13/h2-3,14H,4,13H2,1H3. The van der Waals surface area contributed by atoms with E-state index in [0.717, 1.165) is 0 Å². The third-order valence-corrected chi connectivity index (χ3v) is 2.70. The minimum absolute atomic E-state index is 0.298. The van der Waals surface area contributed by atoms with Crippen LogP contribution in [0.2, 0.25) is 0 Å². The van der Waals surface area contributed by atoms with E-state index in [1.54, 1.807) is 6.92 Å². The Morgan fingerprint density at radius 1 is 1.53 bits per heavy atom. The van der Waals surface area contributed by atoms with Crippen molar-refractivity contribution in [2.45, 2.75) is 13.5 Å². The lowest BCUT2D eigenvalue weighted by atomic mass is 10.2. The van der Waals surface area contributed by atoms with Gasteiger partial charge in [0.05, 0.1) is 22.4 Å². The van der Waals surface area contributed by atoms with Gasteiger partial charge in [0.25, 0.3) is 0 Å². The van der Waals surface area contributed by atoms with Crippen LogP contribution in [-0.4, -0.2) is 10.1 Å². The molecule has 1 aromatic carbocycles. The number of aryl methyl sites for hydroxylation is 1. The summed E-state index contributed by atoms with van der Waals surface area (Å²) in [7, 11) is 0. The van der Waals surface area contributed by atoms with Crippen LogP contribution in [-0.2, 0) is 6.54 Å². The first-order valence-electron chi connectivity index (χ1n) is 4.84. The van der Waals surface area contributed by atoms with Crippen molar-refractivity contribution in [2.75, 3.05) is 11.1 Å². The van der Waals surface area contributed by atoms with Gasteiger partial charge in [-0.25, -0.2) is 4.39 Å². The van der Waals surface area contributed by atoms with Gasteiger partial charge in [0, 0.05) is 6.07 Å². The van der Waals surface area contributed by atoms with Gasteiger partial charge in [0.15, 0.2) is 5.82 Å². The molecule has 0 fully saturated rings. The van der Waals surface area contributed by atoms with Crippen LogP contribution in [0.3, 0.4) is 0 Å². The molecule has 0 saturated heterocycles. The number of halogens is 2. The molecule has 0 aliphatic rings. The summed E-state index contributed by atoms with van der Waals surface area (Å²) in [5.41, 5.74) is 6.66. The monoisotopic (exact) mass is 300 g/mol. The maximum atomic E-state index is 13.3. The van der Waals surface area contributed by atoms with Gasteiger partial charge in [-0.2, -0.15) is 4.98 Å². The van der Waals surface area contributed by atoms with Crippen LogP contribution in [0, 0.1) is 12.7 Å². The molecule has 1 aromatic heterocycles. The predicted molar refractivity (Wildman–Crippen MR) is 64.9 cm³/mol. The van der Waals surface area contributed by atoms with Crippen LogP contribution in [0.5, 0.6) is 0 Å². The molecule has 2 rings (SSSR count). The van der Waals surface area contributed by atoms with Gasteiger partial charge in [-0.1, -0.05) is 5.16 Å². The van der Waals surface area contributed by atoms with Gasteiger partial charge in [0.1, 0.15) is 5.82 Å². The zero-order chi connectivity index (χ0) is 12.4. The highest BCUT2D eigenvalue weighted by Gasteiger charge is 2.07. The highest BCUT2D eigenvalue weighted by Crippen LogP contribution is 2.26. The molecule has 7 heteroatoms. The molecule has 0 radical (unpaired) electrons. The fraction of sp³-hybridized carbons (Fsp3) is 0.200. The van der Waals surface area contributed by atoms with E-state index in [2.05, 4.69) is 31.4 Å². The van der Waals surface area contributed by atoms with E-state index < -0.39 is 0 Å². The van der Waals surface area contributed by atoms with Crippen molar-refractivity contribution in [2.24, 2.45) is 0 Å². The van der Waals surface area contributed by atoms with Crippen molar-refractivity contribution in [3.05, 3.63) is 34.1 Å². The molecule has 0 aliphatic carbocycles. The van der Waals surface area contributed by atoms with Gasteiger partial charge >= 0.3 is 0 Å². The minimum atomic E-state index is -0.386. The van der Waals surface area contributed by atoms with Crippen molar-refractivity contribution in [1.29, 1.82) is 0 Å². The number of rotatable bonds is 3. The third kappa shape index (κ3) is 2.73. The largest absolute Gasteiger partial charge is 0.397 e. The normalized spacial score (nSPS) is 10.5. The van der Waals surface area contributed by atoms with E-state index in [9.17, 15) is 4.39 Å². The average molecular weight is 301 g/mol. The molecule has 0 amide bonds. The molecule has 17 heavy (non-hydrogen) atoms. The van der Waals surface area contributed by atoms with Gasteiger partial charge in [-0.05, 0) is 28.9 Å². The number of nitrogen functional groups attached to an aromatic ring is 1. The Kier molecular flexibility index (Phi) is 3.28. The number of nitrogens with one attached hydrogen (secondary N) is 1. The minimum Gasteiger partial charge on any atom is -0.397 e. The molecule has 0 unspecified atom stereocenters. The second kappa shape index (κ2) is 4.70. The summed E-state index contributed by atoms with van der Waals surface area (Å²) in [6, 6.07) is 2.80. The zero-order valence-corrected chi connectivity index (χ0v) is 10.6. The quantitative estimate of drug-likeness (QED) is 0.852. The first-order chi connectivity index (χ1) is 8.06. The maximum Gasteiger partial charge on any atom is 0.245 e. The summed E-state index contributed by atoms with van der Waals surface area (Å²) in [6.07, 6.45) is 0. The lowest BCUT2D eigenvalue weighted by Gasteiger charge is -2.08. The Bertz CT molecular complexity index is 543. The smallest absolute Gasteiger partial charge is 0.245 e. The number of nitrogens with zero attached hydrogens (tertiary/aromatic N) is 2. The molecular formula is C10H10BrFN4O. The van der Waals surface area contributed by atoms with Crippen molar-refractivity contribution in [3.8, 4) is 0 Å². The number of anilines is 2. The maximum absolute atomic E-state index is 13.3. The average Bonchev–Trinajstić information content (AvgIpc) is 2.68. The van der Waals surface area contributed by atoms with Gasteiger partial charge in [-0.3, -0.25) is 0 Å². The highest BCUT2D eigenvalue weighted by molar-refractivity contribution is 9.10. The molecule has 90 valence electrons.